The highest BCUT2D eigenvalue weighted by atomic mass is 32.1. The van der Waals surface area contributed by atoms with Crippen LogP contribution >= 0.6 is 11.3 Å². The lowest BCUT2D eigenvalue weighted by Gasteiger charge is -2.01. The van der Waals surface area contributed by atoms with Gasteiger partial charge in [-0.25, -0.2) is 4.98 Å². The first kappa shape index (κ1) is 9.47. The van der Waals surface area contributed by atoms with Gasteiger partial charge in [0.05, 0.1) is 6.61 Å². The Morgan fingerprint density at radius 1 is 1.50 bits per heavy atom. The molecule has 0 atom stereocenters. The molecule has 0 aliphatic carbocycles. The minimum absolute atomic E-state index is 0.0894. The Morgan fingerprint density at radius 3 is 2.33 bits per heavy atom. The number of hydrogen-bond donors (Lipinski definition) is 1. The largest absolute Gasteiger partial charge is 0.434 e. The standard InChI is InChI=1S/C6H6F3NOS/c1-3-5(6(7,8)9)10-4(2-11)12-3/h11H,2H2,1H3. The van der Waals surface area contributed by atoms with Gasteiger partial charge in [-0.05, 0) is 6.92 Å². The van der Waals surface area contributed by atoms with Gasteiger partial charge in [-0.3, -0.25) is 0 Å². The van der Waals surface area contributed by atoms with E-state index >= 15 is 0 Å². The van der Waals surface area contributed by atoms with E-state index in [0.29, 0.717) is 0 Å². The Morgan fingerprint density at radius 2 is 2.08 bits per heavy atom. The maximum Gasteiger partial charge on any atom is 0.434 e. The summed E-state index contributed by atoms with van der Waals surface area (Å²) in [6.45, 7) is 0.890. The van der Waals surface area contributed by atoms with Crippen LogP contribution in [0.4, 0.5) is 13.2 Å². The van der Waals surface area contributed by atoms with Gasteiger partial charge in [0.25, 0.3) is 0 Å². The molecule has 1 aromatic heterocycles. The van der Waals surface area contributed by atoms with Crippen LogP contribution in [0.5, 0.6) is 0 Å². The Balaban J connectivity index is 3.08. The van der Waals surface area contributed by atoms with Crippen LogP contribution in [0.1, 0.15) is 15.6 Å². The molecular formula is C6H6F3NOS. The van der Waals surface area contributed by atoms with E-state index in [0.717, 1.165) is 11.3 Å². The molecule has 1 N–H and O–H groups in total. The lowest BCUT2D eigenvalue weighted by Crippen LogP contribution is -2.07. The SMILES string of the molecule is Cc1sc(CO)nc1C(F)(F)F. The monoisotopic (exact) mass is 197 g/mol. The van der Waals surface area contributed by atoms with E-state index in [4.69, 9.17) is 5.11 Å². The van der Waals surface area contributed by atoms with Gasteiger partial charge in [-0.1, -0.05) is 0 Å². The molecule has 0 bridgehead atoms. The Hall–Kier alpha value is -0.620. The maximum absolute atomic E-state index is 12.1. The van der Waals surface area contributed by atoms with Crippen LogP contribution in [0, 0.1) is 6.92 Å². The van der Waals surface area contributed by atoms with E-state index in [-0.39, 0.29) is 9.88 Å². The average molecular weight is 197 g/mol. The molecule has 0 radical (unpaired) electrons. The van der Waals surface area contributed by atoms with Crippen molar-refractivity contribution in [3.63, 3.8) is 0 Å². The summed E-state index contributed by atoms with van der Waals surface area (Å²) in [4.78, 5) is 3.33. The number of aliphatic hydroxyl groups is 1. The summed E-state index contributed by atoms with van der Waals surface area (Å²) in [5.74, 6) is 0. The molecule has 1 aromatic rings. The van der Waals surface area contributed by atoms with Gasteiger partial charge in [-0.15, -0.1) is 11.3 Å². The van der Waals surface area contributed by atoms with Gasteiger partial charge >= 0.3 is 6.18 Å². The maximum atomic E-state index is 12.1. The quantitative estimate of drug-likeness (QED) is 0.746. The minimum atomic E-state index is -4.41. The highest BCUT2D eigenvalue weighted by Crippen LogP contribution is 2.33. The summed E-state index contributed by atoms with van der Waals surface area (Å²) in [5, 5.41) is 8.62. The number of aryl methyl sites for hydroxylation is 1. The average Bonchev–Trinajstić information content (AvgIpc) is 2.29. The van der Waals surface area contributed by atoms with Gasteiger partial charge in [0.2, 0.25) is 0 Å². The van der Waals surface area contributed by atoms with Gasteiger partial charge < -0.3 is 5.11 Å². The van der Waals surface area contributed by atoms with Gasteiger partial charge in [0.1, 0.15) is 5.01 Å². The zero-order valence-corrected chi connectivity index (χ0v) is 6.96. The van der Waals surface area contributed by atoms with E-state index in [9.17, 15) is 13.2 Å². The molecule has 0 saturated heterocycles. The molecule has 2 nitrogen and oxygen atoms in total. The Kier molecular flexibility index (Phi) is 2.39. The molecule has 0 unspecified atom stereocenters. The van der Waals surface area contributed by atoms with Crippen LogP contribution in [0.25, 0.3) is 0 Å². The van der Waals surface area contributed by atoms with Crippen molar-refractivity contribution in [2.24, 2.45) is 0 Å². The molecule has 0 aliphatic heterocycles. The molecule has 1 rings (SSSR count). The van der Waals surface area contributed by atoms with Crippen LogP contribution in [0.15, 0.2) is 0 Å². The molecule has 0 saturated carbocycles. The lowest BCUT2D eigenvalue weighted by atomic mass is 10.4. The van der Waals surface area contributed by atoms with E-state index in [1.165, 1.54) is 6.92 Å². The number of aliphatic hydroxyl groups excluding tert-OH is 1. The first-order valence-corrected chi connectivity index (χ1v) is 3.91. The molecule has 0 spiro atoms. The zero-order valence-electron chi connectivity index (χ0n) is 6.14. The predicted molar refractivity (Wildman–Crippen MR) is 37.8 cm³/mol. The summed E-state index contributed by atoms with van der Waals surface area (Å²) in [5.41, 5.74) is -0.892. The smallest absolute Gasteiger partial charge is 0.389 e. The van der Waals surface area contributed by atoms with Crippen molar-refractivity contribution < 1.29 is 18.3 Å². The number of halogens is 3. The molecule has 1 heterocycles. The van der Waals surface area contributed by atoms with Crippen molar-refractivity contribution in [2.75, 3.05) is 0 Å². The van der Waals surface area contributed by atoms with E-state index < -0.39 is 18.5 Å². The van der Waals surface area contributed by atoms with Crippen molar-refractivity contribution in [1.29, 1.82) is 0 Å². The third-order valence-electron chi connectivity index (χ3n) is 1.24. The fourth-order valence-corrected chi connectivity index (χ4v) is 1.59. The summed E-state index contributed by atoms with van der Waals surface area (Å²) in [6.07, 6.45) is -4.41. The Bertz CT molecular complexity index is 281. The topological polar surface area (TPSA) is 33.1 Å². The number of rotatable bonds is 1. The number of nitrogens with zero attached hydrogens (tertiary/aromatic N) is 1. The summed E-state index contributed by atoms with van der Waals surface area (Å²) < 4.78 is 36.2. The van der Waals surface area contributed by atoms with E-state index in [1.54, 1.807) is 0 Å². The van der Waals surface area contributed by atoms with Crippen LogP contribution in [0.2, 0.25) is 0 Å². The number of hydrogen-bond acceptors (Lipinski definition) is 3. The molecule has 6 heteroatoms. The third kappa shape index (κ3) is 1.75. The number of alkyl halides is 3. The molecule has 68 valence electrons. The van der Waals surface area contributed by atoms with Crippen molar-refractivity contribution in [2.45, 2.75) is 19.7 Å². The lowest BCUT2D eigenvalue weighted by molar-refractivity contribution is -0.141. The minimum Gasteiger partial charge on any atom is -0.389 e. The molecule has 0 amide bonds. The van der Waals surface area contributed by atoms with Crippen molar-refractivity contribution in [3.8, 4) is 0 Å². The van der Waals surface area contributed by atoms with E-state index in [2.05, 4.69) is 4.98 Å². The fourth-order valence-electron chi connectivity index (χ4n) is 0.782. The fraction of sp³-hybridized carbons (Fsp3) is 0.500. The Labute approximate surface area is 70.7 Å². The summed E-state index contributed by atoms with van der Waals surface area (Å²) >= 11 is 0.860. The first-order chi connectivity index (χ1) is 5.45. The van der Waals surface area contributed by atoms with Crippen LogP contribution in [0.3, 0.4) is 0 Å². The summed E-state index contributed by atoms with van der Waals surface area (Å²) in [6, 6.07) is 0. The third-order valence-corrected chi connectivity index (χ3v) is 2.20. The van der Waals surface area contributed by atoms with E-state index in [1.807, 2.05) is 0 Å². The molecule has 12 heavy (non-hydrogen) atoms. The van der Waals surface area contributed by atoms with Crippen molar-refractivity contribution in [1.82, 2.24) is 4.98 Å². The molecule has 0 aliphatic rings. The second-order valence-corrected chi connectivity index (χ2v) is 3.46. The predicted octanol–water partition coefficient (Wildman–Crippen LogP) is 1.96. The van der Waals surface area contributed by atoms with Gasteiger partial charge in [0, 0.05) is 4.88 Å². The van der Waals surface area contributed by atoms with Crippen molar-refractivity contribution in [3.05, 3.63) is 15.6 Å². The van der Waals surface area contributed by atoms with Gasteiger partial charge in [0.15, 0.2) is 5.69 Å². The molecular weight excluding hydrogens is 191 g/mol. The summed E-state index contributed by atoms with van der Waals surface area (Å²) in [7, 11) is 0. The van der Waals surface area contributed by atoms with Crippen LogP contribution in [-0.4, -0.2) is 10.1 Å². The highest BCUT2D eigenvalue weighted by Gasteiger charge is 2.35. The first-order valence-electron chi connectivity index (χ1n) is 3.09. The second kappa shape index (κ2) is 3.02. The number of thiazole rings is 1. The number of aromatic nitrogens is 1. The second-order valence-electron chi connectivity index (χ2n) is 2.17. The van der Waals surface area contributed by atoms with Crippen LogP contribution < -0.4 is 0 Å². The van der Waals surface area contributed by atoms with Gasteiger partial charge in [-0.2, -0.15) is 13.2 Å². The zero-order chi connectivity index (χ0) is 9.35. The molecule has 0 fully saturated rings. The molecule has 0 aromatic carbocycles. The highest BCUT2D eigenvalue weighted by molar-refractivity contribution is 7.11. The normalized spacial score (nSPS) is 12.1. The van der Waals surface area contributed by atoms with Crippen LogP contribution in [-0.2, 0) is 12.8 Å². The van der Waals surface area contributed by atoms with Crippen molar-refractivity contribution >= 4 is 11.3 Å².